The Balaban J connectivity index is 2.65. The van der Waals surface area contributed by atoms with Crippen molar-refractivity contribution < 1.29 is 14.3 Å². The van der Waals surface area contributed by atoms with Crippen molar-refractivity contribution in [3.05, 3.63) is 35.4 Å². The lowest BCUT2D eigenvalue weighted by atomic mass is 9.93. The number of ether oxygens (including phenoxy) is 1. The van der Waals surface area contributed by atoms with Gasteiger partial charge in [-0.1, -0.05) is 26.0 Å². The summed E-state index contributed by atoms with van der Waals surface area (Å²) in [4.78, 5) is 30.3. The Kier molecular flexibility index (Phi) is 10.5. The molecule has 0 heterocycles. The molecule has 0 saturated carbocycles. The van der Waals surface area contributed by atoms with Gasteiger partial charge in [-0.3, -0.25) is 9.79 Å². The molecule has 0 spiro atoms. The molecule has 3 N–H and O–H groups in total. The van der Waals surface area contributed by atoms with Gasteiger partial charge in [-0.05, 0) is 57.7 Å². The number of hydrogen-bond acceptors (Lipinski definition) is 4. The molecule has 1 aromatic carbocycles. The summed E-state index contributed by atoms with van der Waals surface area (Å²) in [6.07, 6.45) is 1.83. The molecule has 1 rings (SSSR count). The van der Waals surface area contributed by atoms with E-state index in [-0.39, 0.29) is 5.91 Å². The van der Waals surface area contributed by atoms with E-state index in [1.165, 1.54) is 0 Å². The third kappa shape index (κ3) is 9.16. The van der Waals surface area contributed by atoms with Crippen LogP contribution in [0.2, 0.25) is 0 Å². The molecule has 0 aliphatic rings. The van der Waals surface area contributed by atoms with E-state index in [1.807, 2.05) is 58.9 Å². The number of carbonyl (C=O) groups is 2. The third-order valence-corrected chi connectivity index (χ3v) is 5.22. The first kappa shape index (κ1) is 27.3. The summed E-state index contributed by atoms with van der Waals surface area (Å²) < 4.78 is 5.43. The molecule has 0 atom stereocenters. The van der Waals surface area contributed by atoms with Gasteiger partial charge in [0.25, 0.3) is 5.91 Å². The van der Waals surface area contributed by atoms with E-state index in [0.29, 0.717) is 24.6 Å². The van der Waals surface area contributed by atoms with Crippen LogP contribution in [0.25, 0.3) is 0 Å². The minimum atomic E-state index is -0.545. The molecule has 0 aromatic heterocycles. The monoisotopic (exact) mass is 447 g/mol. The zero-order valence-electron chi connectivity index (χ0n) is 21.0. The Labute approximate surface area is 193 Å². The molecule has 2 amide bonds. The highest BCUT2D eigenvalue weighted by Crippen LogP contribution is 2.16. The molecule has 0 saturated heterocycles. The number of nitrogens with zero attached hydrogens (tertiary/aromatic N) is 2. The highest BCUT2D eigenvalue weighted by atomic mass is 16.6. The number of benzene rings is 1. The number of carbonyl (C=O) groups excluding carboxylic acids is 2. The predicted octanol–water partition coefficient (Wildman–Crippen LogP) is 3.18. The molecule has 0 aliphatic carbocycles. The summed E-state index contributed by atoms with van der Waals surface area (Å²) in [5, 5.41) is 9.65. The Hall–Kier alpha value is -2.77. The van der Waals surface area contributed by atoms with Gasteiger partial charge in [0.15, 0.2) is 5.96 Å². The molecule has 8 nitrogen and oxygen atoms in total. The summed E-state index contributed by atoms with van der Waals surface area (Å²) in [7, 11) is 5.21. The standard InChI is InChI=1S/C24H41N5O3/c1-9-24(10-2,28-22(31)32-23(3,4)5)17-27-21(25-6)26-15-14-18-12-11-13-19(16-18)20(30)29(7)8/h11-13,16H,9-10,14-15,17H2,1-8H3,(H,28,31)(H2,25,26,27). The lowest BCUT2D eigenvalue weighted by molar-refractivity contribution is 0.0448. The Morgan fingerprint density at radius 2 is 1.75 bits per heavy atom. The third-order valence-electron chi connectivity index (χ3n) is 5.22. The number of rotatable bonds is 9. The Morgan fingerprint density at radius 1 is 1.09 bits per heavy atom. The van der Waals surface area contributed by atoms with E-state index in [9.17, 15) is 9.59 Å². The summed E-state index contributed by atoms with van der Waals surface area (Å²) >= 11 is 0. The number of hydrogen-bond donors (Lipinski definition) is 3. The van der Waals surface area contributed by atoms with Crippen molar-refractivity contribution in [2.24, 2.45) is 4.99 Å². The quantitative estimate of drug-likeness (QED) is 0.399. The highest BCUT2D eigenvalue weighted by molar-refractivity contribution is 5.94. The number of aliphatic imine (C=N–C) groups is 1. The molecule has 0 bridgehead atoms. The van der Waals surface area contributed by atoms with Crippen LogP contribution in [0.1, 0.15) is 63.4 Å². The normalized spacial score (nSPS) is 12.2. The van der Waals surface area contributed by atoms with E-state index < -0.39 is 17.2 Å². The first-order valence-electron chi connectivity index (χ1n) is 11.2. The van der Waals surface area contributed by atoms with Crippen molar-refractivity contribution >= 4 is 18.0 Å². The number of nitrogens with one attached hydrogen (secondary N) is 3. The second-order valence-corrected chi connectivity index (χ2v) is 9.12. The predicted molar refractivity (Wildman–Crippen MR) is 130 cm³/mol. The highest BCUT2D eigenvalue weighted by Gasteiger charge is 2.30. The van der Waals surface area contributed by atoms with Crippen LogP contribution in [-0.2, 0) is 11.2 Å². The van der Waals surface area contributed by atoms with Crippen LogP contribution in [0.4, 0.5) is 4.79 Å². The van der Waals surface area contributed by atoms with Gasteiger partial charge in [-0.15, -0.1) is 0 Å². The van der Waals surface area contributed by atoms with Gasteiger partial charge in [0.05, 0.1) is 5.54 Å². The maximum atomic E-state index is 12.3. The van der Waals surface area contributed by atoms with E-state index >= 15 is 0 Å². The number of amides is 2. The molecule has 8 heteroatoms. The second-order valence-electron chi connectivity index (χ2n) is 9.12. The molecule has 180 valence electrons. The zero-order valence-corrected chi connectivity index (χ0v) is 21.0. The van der Waals surface area contributed by atoms with Gasteiger partial charge in [-0.2, -0.15) is 0 Å². The van der Waals surface area contributed by atoms with Crippen LogP contribution >= 0.6 is 0 Å². The van der Waals surface area contributed by atoms with Gasteiger partial charge in [0.2, 0.25) is 0 Å². The average Bonchev–Trinajstić information content (AvgIpc) is 2.73. The molecule has 0 fully saturated rings. The van der Waals surface area contributed by atoms with Gasteiger partial charge in [0.1, 0.15) is 5.60 Å². The zero-order chi connectivity index (χ0) is 24.4. The lowest BCUT2D eigenvalue weighted by Gasteiger charge is -2.34. The average molecular weight is 448 g/mol. The lowest BCUT2D eigenvalue weighted by Crippen LogP contribution is -2.57. The fraction of sp³-hybridized carbons (Fsp3) is 0.625. The molecule has 32 heavy (non-hydrogen) atoms. The minimum Gasteiger partial charge on any atom is -0.444 e. The van der Waals surface area contributed by atoms with Gasteiger partial charge in [0, 0.05) is 39.8 Å². The summed E-state index contributed by atoms with van der Waals surface area (Å²) in [6.45, 7) is 10.8. The van der Waals surface area contributed by atoms with Crippen molar-refractivity contribution in [2.45, 2.75) is 65.0 Å². The summed E-state index contributed by atoms with van der Waals surface area (Å²) in [5.74, 6) is 0.646. The van der Waals surface area contributed by atoms with Crippen LogP contribution in [-0.4, -0.2) is 68.2 Å². The summed E-state index contributed by atoms with van der Waals surface area (Å²) in [5.41, 5.74) is 0.764. The molecule has 0 aliphatic heterocycles. The van der Waals surface area contributed by atoms with Crippen molar-refractivity contribution in [3.63, 3.8) is 0 Å². The Morgan fingerprint density at radius 3 is 2.28 bits per heavy atom. The van der Waals surface area contributed by atoms with Crippen molar-refractivity contribution in [1.82, 2.24) is 20.9 Å². The van der Waals surface area contributed by atoms with Crippen LogP contribution in [0, 0.1) is 0 Å². The molecule has 1 aromatic rings. The van der Waals surface area contributed by atoms with Crippen LogP contribution in [0.15, 0.2) is 29.3 Å². The van der Waals surface area contributed by atoms with Gasteiger partial charge in [-0.25, -0.2) is 4.79 Å². The SMILES string of the molecule is CCC(CC)(CNC(=NC)NCCc1cccc(C(=O)N(C)C)c1)NC(=O)OC(C)(C)C. The minimum absolute atomic E-state index is 0.00903. The smallest absolute Gasteiger partial charge is 0.408 e. The molecular formula is C24H41N5O3. The van der Waals surface area contributed by atoms with Crippen LogP contribution < -0.4 is 16.0 Å². The topological polar surface area (TPSA) is 95.1 Å². The van der Waals surface area contributed by atoms with Crippen molar-refractivity contribution in [3.8, 4) is 0 Å². The van der Waals surface area contributed by atoms with Gasteiger partial charge >= 0.3 is 6.09 Å². The van der Waals surface area contributed by atoms with Crippen molar-refractivity contribution in [1.29, 1.82) is 0 Å². The number of guanidine groups is 1. The number of alkyl carbamates (subject to hydrolysis) is 1. The summed E-state index contributed by atoms with van der Waals surface area (Å²) in [6, 6.07) is 7.66. The van der Waals surface area contributed by atoms with E-state index in [2.05, 4.69) is 20.9 Å². The van der Waals surface area contributed by atoms with Crippen LogP contribution in [0.5, 0.6) is 0 Å². The fourth-order valence-corrected chi connectivity index (χ4v) is 3.16. The molecule has 0 unspecified atom stereocenters. The molecule has 0 radical (unpaired) electrons. The first-order chi connectivity index (χ1) is 14.9. The Bertz CT molecular complexity index is 780. The van der Waals surface area contributed by atoms with E-state index in [1.54, 1.807) is 26.0 Å². The van der Waals surface area contributed by atoms with Crippen molar-refractivity contribution in [2.75, 3.05) is 34.2 Å². The van der Waals surface area contributed by atoms with E-state index in [4.69, 9.17) is 4.74 Å². The fourth-order valence-electron chi connectivity index (χ4n) is 3.16. The van der Waals surface area contributed by atoms with Gasteiger partial charge < -0.3 is 25.6 Å². The second kappa shape index (κ2) is 12.3. The first-order valence-corrected chi connectivity index (χ1v) is 11.2. The van der Waals surface area contributed by atoms with Crippen LogP contribution in [0.3, 0.4) is 0 Å². The maximum Gasteiger partial charge on any atom is 0.408 e. The maximum absolute atomic E-state index is 12.3. The molecular weight excluding hydrogens is 406 g/mol. The largest absolute Gasteiger partial charge is 0.444 e. The van der Waals surface area contributed by atoms with E-state index in [0.717, 1.165) is 24.8 Å².